The number of ether oxygens (including phenoxy) is 1. The predicted octanol–water partition coefficient (Wildman–Crippen LogP) is 4.63. The summed E-state index contributed by atoms with van der Waals surface area (Å²) in [6, 6.07) is 4.27. The first kappa shape index (κ1) is 17.8. The minimum atomic E-state index is -4.40. The molecule has 0 amide bonds. The molecule has 5 heteroatoms. The summed E-state index contributed by atoms with van der Waals surface area (Å²) in [5.41, 5.74) is -0.0836. The molecule has 1 atom stereocenters. The normalized spacial score (nSPS) is 13.2. The van der Waals surface area contributed by atoms with Gasteiger partial charge in [0, 0.05) is 6.54 Å². The molecule has 1 aromatic carbocycles. The van der Waals surface area contributed by atoms with Crippen LogP contribution >= 0.6 is 0 Å². The summed E-state index contributed by atoms with van der Waals surface area (Å²) in [5, 5.41) is 3.02. The minimum absolute atomic E-state index is 0.0781. The van der Waals surface area contributed by atoms with Crippen molar-refractivity contribution in [2.75, 3.05) is 13.2 Å². The zero-order valence-electron chi connectivity index (χ0n) is 12.9. The number of halogens is 3. The first-order valence-electron chi connectivity index (χ1n) is 7.42. The molecule has 0 aliphatic rings. The second kappa shape index (κ2) is 8.27. The second-order valence-corrected chi connectivity index (χ2v) is 5.31. The van der Waals surface area contributed by atoms with E-state index in [1.54, 1.807) is 6.07 Å². The quantitative estimate of drug-likeness (QED) is 0.756. The average Bonchev–Trinajstić information content (AvgIpc) is 2.42. The largest absolute Gasteiger partial charge is 0.493 e. The maximum atomic E-state index is 13.1. The van der Waals surface area contributed by atoms with E-state index in [-0.39, 0.29) is 11.7 Å². The lowest BCUT2D eigenvalue weighted by molar-refractivity contribution is -0.139. The summed E-state index contributed by atoms with van der Waals surface area (Å²) in [5.74, 6) is 0.170. The Hall–Kier alpha value is -1.23. The van der Waals surface area contributed by atoms with Gasteiger partial charge in [0.25, 0.3) is 0 Å². The fourth-order valence-corrected chi connectivity index (χ4v) is 2.11. The van der Waals surface area contributed by atoms with E-state index in [1.807, 2.05) is 20.8 Å². The van der Waals surface area contributed by atoms with Crippen molar-refractivity contribution in [2.24, 2.45) is 5.92 Å². The van der Waals surface area contributed by atoms with E-state index in [2.05, 4.69) is 5.32 Å². The number of alkyl halides is 3. The third-order valence-electron chi connectivity index (χ3n) is 3.23. The molecule has 0 bridgehead atoms. The SMILES string of the molecule is CCCC(C)COc1ccc(CNCC)cc1C(F)(F)F. The molecular weight excluding hydrogens is 279 g/mol. The molecule has 0 heterocycles. The van der Waals surface area contributed by atoms with E-state index in [1.165, 1.54) is 12.1 Å². The van der Waals surface area contributed by atoms with Crippen LogP contribution in [0.4, 0.5) is 13.2 Å². The van der Waals surface area contributed by atoms with Crippen molar-refractivity contribution in [3.05, 3.63) is 29.3 Å². The van der Waals surface area contributed by atoms with Gasteiger partial charge >= 0.3 is 6.18 Å². The van der Waals surface area contributed by atoms with Crippen LogP contribution in [0.2, 0.25) is 0 Å². The van der Waals surface area contributed by atoms with Gasteiger partial charge < -0.3 is 10.1 Å². The molecule has 120 valence electrons. The van der Waals surface area contributed by atoms with Crippen LogP contribution < -0.4 is 10.1 Å². The predicted molar refractivity (Wildman–Crippen MR) is 78.4 cm³/mol. The van der Waals surface area contributed by atoms with Crippen molar-refractivity contribution in [3.8, 4) is 5.75 Å². The highest BCUT2D eigenvalue weighted by Crippen LogP contribution is 2.37. The first-order valence-corrected chi connectivity index (χ1v) is 7.42. The molecule has 1 unspecified atom stereocenters. The first-order chi connectivity index (χ1) is 9.88. The fourth-order valence-electron chi connectivity index (χ4n) is 2.11. The summed E-state index contributed by atoms with van der Waals surface area (Å²) in [7, 11) is 0. The van der Waals surface area contributed by atoms with Gasteiger partial charge in [0.05, 0.1) is 12.2 Å². The third kappa shape index (κ3) is 5.96. The van der Waals surface area contributed by atoms with E-state index in [0.29, 0.717) is 25.3 Å². The molecular formula is C16H24F3NO. The molecule has 0 aliphatic carbocycles. The fraction of sp³-hybridized carbons (Fsp3) is 0.625. The molecule has 0 saturated heterocycles. The third-order valence-corrected chi connectivity index (χ3v) is 3.23. The number of hydrogen-bond donors (Lipinski definition) is 1. The monoisotopic (exact) mass is 303 g/mol. The molecule has 2 nitrogen and oxygen atoms in total. The maximum absolute atomic E-state index is 13.1. The van der Waals surface area contributed by atoms with Crippen molar-refractivity contribution in [1.29, 1.82) is 0 Å². The summed E-state index contributed by atoms with van der Waals surface area (Å²) >= 11 is 0. The highest BCUT2D eigenvalue weighted by Gasteiger charge is 2.34. The van der Waals surface area contributed by atoms with Gasteiger partial charge in [-0.1, -0.05) is 33.3 Å². The zero-order chi connectivity index (χ0) is 15.9. The smallest absolute Gasteiger partial charge is 0.419 e. The van der Waals surface area contributed by atoms with Gasteiger partial charge in [0.15, 0.2) is 0 Å². The van der Waals surface area contributed by atoms with Crippen molar-refractivity contribution < 1.29 is 17.9 Å². The van der Waals surface area contributed by atoms with Crippen molar-refractivity contribution >= 4 is 0 Å². The van der Waals surface area contributed by atoms with E-state index in [9.17, 15) is 13.2 Å². The zero-order valence-corrected chi connectivity index (χ0v) is 12.9. The van der Waals surface area contributed by atoms with Crippen LogP contribution in [0.3, 0.4) is 0 Å². The number of nitrogens with one attached hydrogen (secondary N) is 1. The van der Waals surface area contributed by atoms with Crippen molar-refractivity contribution in [1.82, 2.24) is 5.32 Å². The van der Waals surface area contributed by atoms with Crippen LogP contribution in [-0.2, 0) is 12.7 Å². The van der Waals surface area contributed by atoms with Crippen LogP contribution in [0.1, 0.15) is 44.7 Å². The molecule has 21 heavy (non-hydrogen) atoms. The Kier molecular flexibility index (Phi) is 7.02. The van der Waals surface area contributed by atoms with E-state index >= 15 is 0 Å². The molecule has 1 rings (SSSR count). The van der Waals surface area contributed by atoms with Crippen molar-refractivity contribution in [3.63, 3.8) is 0 Å². The van der Waals surface area contributed by atoms with Crippen LogP contribution in [0.25, 0.3) is 0 Å². The Labute approximate surface area is 124 Å². The molecule has 0 saturated carbocycles. The Bertz CT molecular complexity index is 432. The second-order valence-electron chi connectivity index (χ2n) is 5.31. The molecule has 0 aliphatic heterocycles. The number of hydrogen-bond acceptors (Lipinski definition) is 2. The average molecular weight is 303 g/mol. The molecule has 0 radical (unpaired) electrons. The van der Waals surface area contributed by atoms with E-state index in [4.69, 9.17) is 4.74 Å². The van der Waals surface area contributed by atoms with E-state index in [0.717, 1.165) is 12.8 Å². The maximum Gasteiger partial charge on any atom is 0.419 e. The lowest BCUT2D eigenvalue weighted by Crippen LogP contribution is -2.15. The van der Waals surface area contributed by atoms with Gasteiger partial charge in [0.2, 0.25) is 0 Å². The summed E-state index contributed by atoms with van der Waals surface area (Å²) in [6.07, 6.45) is -2.45. The molecule has 0 aromatic heterocycles. The Morgan fingerprint density at radius 2 is 1.95 bits per heavy atom. The van der Waals surface area contributed by atoms with Gasteiger partial charge in [-0.25, -0.2) is 0 Å². The standard InChI is InChI=1S/C16H24F3NO/c1-4-6-12(3)11-21-15-8-7-13(10-20-5-2)9-14(15)16(17,18)19/h7-9,12,20H,4-6,10-11H2,1-3H3. The van der Waals surface area contributed by atoms with Crippen LogP contribution in [0, 0.1) is 5.92 Å². The lowest BCUT2D eigenvalue weighted by atomic mass is 10.1. The Balaban J connectivity index is 2.87. The van der Waals surface area contributed by atoms with Crippen LogP contribution in [0.5, 0.6) is 5.75 Å². The highest BCUT2D eigenvalue weighted by atomic mass is 19.4. The molecule has 1 aromatic rings. The topological polar surface area (TPSA) is 21.3 Å². The summed E-state index contributed by atoms with van der Waals surface area (Å²) < 4.78 is 44.8. The summed E-state index contributed by atoms with van der Waals surface area (Å²) in [6.45, 7) is 7.39. The van der Waals surface area contributed by atoms with Gasteiger partial charge in [-0.15, -0.1) is 0 Å². The molecule has 0 fully saturated rings. The van der Waals surface area contributed by atoms with Gasteiger partial charge in [0.1, 0.15) is 5.75 Å². The molecule has 0 spiro atoms. The van der Waals surface area contributed by atoms with Crippen LogP contribution in [-0.4, -0.2) is 13.2 Å². The Morgan fingerprint density at radius 1 is 1.24 bits per heavy atom. The van der Waals surface area contributed by atoms with Gasteiger partial charge in [-0.3, -0.25) is 0 Å². The van der Waals surface area contributed by atoms with Gasteiger partial charge in [-0.2, -0.15) is 13.2 Å². The summed E-state index contributed by atoms with van der Waals surface area (Å²) in [4.78, 5) is 0. The number of rotatable bonds is 8. The highest BCUT2D eigenvalue weighted by molar-refractivity contribution is 5.39. The van der Waals surface area contributed by atoms with E-state index < -0.39 is 11.7 Å². The molecule has 1 N–H and O–H groups in total. The van der Waals surface area contributed by atoms with Gasteiger partial charge in [-0.05, 0) is 36.6 Å². The number of benzene rings is 1. The van der Waals surface area contributed by atoms with Crippen LogP contribution in [0.15, 0.2) is 18.2 Å². The lowest BCUT2D eigenvalue weighted by Gasteiger charge is -2.17. The minimum Gasteiger partial charge on any atom is -0.493 e. The van der Waals surface area contributed by atoms with Crippen molar-refractivity contribution in [2.45, 2.75) is 46.3 Å². The Morgan fingerprint density at radius 3 is 2.52 bits per heavy atom.